The molecule has 0 bridgehead atoms. The maximum absolute atomic E-state index is 12.9. The van der Waals surface area contributed by atoms with Gasteiger partial charge in [-0.3, -0.25) is 0 Å². The summed E-state index contributed by atoms with van der Waals surface area (Å²) in [7, 11) is 0. The summed E-state index contributed by atoms with van der Waals surface area (Å²) in [6.45, 7) is 7.63. The van der Waals surface area contributed by atoms with E-state index in [1.807, 2.05) is 12.1 Å². The lowest BCUT2D eigenvalue weighted by atomic mass is 10.0. The normalized spacial score (nSPS) is 11.1. The van der Waals surface area contributed by atoms with Gasteiger partial charge in [-0.25, -0.2) is 4.79 Å². The molecule has 2 N–H and O–H groups in total. The standard InChI is InChI=1S/C27H27NO6/c1-3-28(4-2)15-16-32-21-10-12-22(13-11-21)33-26-23-14-9-20(30)17-24(23)34-27(31)25(26)18-5-7-19(29)8-6-18/h5-14,17,29-30H,3-4,15-16H2,1-2H3. The van der Waals surface area contributed by atoms with Crippen molar-refractivity contribution in [3.63, 3.8) is 0 Å². The van der Waals surface area contributed by atoms with Gasteiger partial charge in [0.15, 0.2) is 5.75 Å². The summed E-state index contributed by atoms with van der Waals surface area (Å²) in [5, 5.41) is 20.0. The number of aromatic hydroxyl groups is 2. The average molecular weight is 462 g/mol. The highest BCUT2D eigenvalue weighted by Gasteiger charge is 2.19. The van der Waals surface area contributed by atoms with Crippen LogP contribution in [0.3, 0.4) is 0 Å². The first-order valence-corrected chi connectivity index (χ1v) is 11.2. The molecular weight excluding hydrogens is 434 g/mol. The van der Waals surface area contributed by atoms with Gasteiger partial charge in [0.2, 0.25) is 0 Å². The highest BCUT2D eigenvalue weighted by Crippen LogP contribution is 2.38. The lowest BCUT2D eigenvalue weighted by molar-refractivity contribution is 0.222. The molecule has 0 aliphatic carbocycles. The summed E-state index contributed by atoms with van der Waals surface area (Å²) < 4.78 is 17.5. The number of rotatable bonds is 9. The number of likely N-dealkylation sites (N-methyl/N-ethyl adjacent to an activating group) is 1. The number of phenols is 2. The molecule has 0 aliphatic heterocycles. The minimum atomic E-state index is -0.616. The summed E-state index contributed by atoms with van der Waals surface area (Å²) in [6, 6.07) is 17.9. The van der Waals surface area contributed by atoms with Crippen molar-refractivity contribution in [2.75, 3.05) is 26.2 Å². The largest absolute Gasteiger partial charge is 0.508 e. The van der Waals surface area contributed by atoms with Gasteiger partial charge >= 0.3 is 5.63 Å². The highest BCUT2D eigenvalue weighted by molar-refractivity contribution is 5.91. The Kier molecular flexibility index (Phi) is 7.04. The fraction of sp³-hybridized carbons (Fsp3) is 0.222. The molecule has 0 saturated heterocycles. The Labute approximate surface area is 197 Å². The Morgan fingerprint density at radius 3 is 2.18 bits per heavy atom. The Morgan fingerprint density at radius 1 is 0.853 bits per heavy atom. The van der Waals surface area contributed by atoms with Gasteiger partial charge in [0.05, 0.1) is 5.39 Å². The first-order valence-electron chi connectivity index (χ1n) is 11.2. The van der Waals surface area contributed by atoms with E-state index in [4.69, 9.17) is 13.9 Å². The number of ether oxygens (including phenoxy) is 2. The summed E-state index contributed by atoms with van der Waals surface area (Å²) in [4.78, 5) is 15.2. The van der Waals surface area contributed by atoms with E-state index in [1.165, 1.54) is 24.3 Å². The van der Waals surface area contributed by atoms with Gasteiger partial charge in [-0.2, -0.15) is 0 Å². The molecule has 1 heterocycles. The SMILES string of the molecule is CCN(CC)CCOc1ccc(Oc2c(-c3ccc(O)cc3)c(=O)oc3cc(O)ccc23)cc1. The molecule has 0 atom stereocenters. The lowest BCUT2D eigenvalue weighted by Crippen LogP contribution is -2.27. The van der Waals surface area contributed by atoms with Crippen LogP contribution in [0.4, 0.5) is 0 Å². The second kappa shape index (κ2) is 10.3. The summed E-state index contributed by atoms with van der Waals surface area (Å²) in [5.41, 5.74) is 0.347. The molecule has 7 heteroatoms. The number of phenolic OH excluding ortho intramolecular Hbond substituents is 2. The van der Waals surface area contributed by atoms with E-state index in [0.29, 0.717) is 29.1 Å². The second-order valence-electron chi connectivity index (χ2n) is 7.77. The predicted octanol–water partition coefficient (Wildman–Crippen LogP) is 5.38. The molecule has 176 valence electrons. The zero-order chi connectivity index (χ0) is 24.1. The van der Waals surface area contributed by atoms with Gasteiger partial charge in [0, 0.05) is 12.6 Å². The van der Waals surface area contributed by atoms with E-state index in [-0.39, 0.29) is 22.6 Å². The number of fused-ring (bicyclic) bond motifs is 1. The van der Waals surface area contributed by atoms with Gasteiger partial charge in [0.1, 0.15) is 40.8 Å². The Hall–Kier alpha value is -3.97. The van der Waals surface area contributed by atoms with E-state index in [1.54, 1.807) is 30.3 Å². The van der Waals surface area contributed by atoms with Crippen molar-refractivity contribution in [3.8, 4) is 39.9 Å². The topological polar surface area (TPSA) is 92.4 Å². The van der Waals surface area contributed by atoms with E-state index >= 15 is 0 Å². The number of hydrogen-bond donors (Lipinski definition) is 2. The van der Waals surface area contributed by atoms with Crippen LogP contribution in [0.5, 0.6) is 28.7 Å². The van der Waals surface area contributed by atoms with Crippen LogP contribution in [-0.4, -0.2) is 41.4 Å². The quantitative estimate of drug-likeness (QED) is 0.323. The molecule has 0 fully saturated rings. The fourth-order valence-electron chi connectivity index (χ4n) is 3.70. The molecule has 3 aromatic carbocycles. The van der Waals surface area contributed by atoms with Crippen LogP contribution < -0.4 is 15.1 Å². The Balaban J connectivity index is 1.66. The maximum Gasteiger partial charge on any atom is 0.348 e. The van der Waals surface area contributed by atoms with Gasteiger partial charge in [-0.05, 0) is 67.2 Å². The zero-order valence-electron chi connectivity index (χ0n) is 19.2. The Bertz CT molecular complexity index is 1310. The van der Waals surface area contributed by atoms with Crippen LogP contribution in [0.2, 0.25) is 0 Å². The van der Waals surface area contributed by atoms with Crippen LogP contribution in [0, 0.1) is 0 Å². The molecular formula is C27H27NO6. The van der Waals surface area contributed by atoms with E-state index in [0.717, 1.165) is 25.4 Å². The summed E-state index contributed by atoms with van der Waals surface area (Å²) >= 11 is 0. The number of hydrogen-bond acceptors (Lipinski definition) is 7. The minimum Gasteiger partial charge on any atom is -0.508 e. The third-order valence-corrected chi connectivity index (χ3v) is 5.61. The second-order valence-corrected chi connectivity index (χ2v) is 7.77. The smallest absolute Gasteiger partial charge is 0.348 e. The highest BCUT2D eigenvalue weighted by atomic mass is 16.5. The van der Waals surface area contributed by atoms with Crippen molar-refractivity contribution < 1.29 is 24.1 Å². The Morgan fingerprint density at radius 2 is 1.50 bits per heavy atom. The molecule has 0 spiro atoms. The van der Waals surface area contributed by atoms with Crippen LogP contribution >= 0.6 is 0 Å². The van der Waals surface area contributed by atoms with Gasteiger partial charge < -0.3 is 29.0 Å². The number of benzene rings is 3. The predicted molar refractivity (Wildman–Crippen MR) is 131 cm³/mol. The number of nitrogens with zero attached hydrogens (tertiary/aromatic N) is 1. The third kappa shape index (κ3) is 5.15. The third-order valence-electron chi connectivity index (χ3n) is 5.61. The molecule has 7 nitrogen and oxygen atoms in total. The summed E-state index contributed by atoms with van der Waals surface area (Å²) in [6.07, 6.45) is 0. The summed E-state index contributed by atoms with van der Waals surface area (Å²) in [5.74, 6) is 1.59. The van der Waals surface area contributed by atoms with Crippen molar-refractivity contribution in [2.45, 2.75) is 13.8 Å². The molecule has 34 heavy (non-hydrogen) atoms. The fourth-order valence-corrected chi connectivity index (χ4v) is 3.70. The lowest BCUT2D eigenvalue weighted by Gasteiger charge is -2.18. The molecule has 0 radical (unpaired) electrons. The van der Waals surface area contributed by atoms with Crippen molar-refractivity contribution >= 4 is 11.0 Å². The van der Waals surface area contributed by atoms with Gasteiger partial charge in [0.25, 0.3) is 0 Å². The molecule has 4 rings (SSSR count). The van der Waals surface area contributed by atoms with Crippen molar-refractivity contribution in [1.29, 1.82) is 0 Å². The van der Waals surface area contributed by atoms with Gasteiger partial charge in [-0.15, -0.1) is 0 Å². The molecule has 0 aliphatic rings. The van der Waals surface area contributed by atoms with Crippen LogP contribution in [0.15, 0.2) is 75.9 Å². The zero-order valence-corrected chi connectivity index (χ0v) is 19.2. The molecule has 1 aromatic heterocycles. The average Bonchev–Trinajstić information content (AvgIpc) is 2.83. The molecule has 0 amide bonds. The van der Waals surface area contributed by atoms with Crippen molar-refractivity contribution in [2.24, 2.45) is 0 Å². The van der Waals surface area contributed by atoms with E-state index < -0.39 is 5.63 Å². The van der Waals surface area contributed by atoms with Crippen LogP contribution in [0.1, 0.15) is 13.8 Å². The van der Waals surface area contributed by atoms with E-state index in [9.17, 15) is 15.0 Å². The van der Waals surface area contributed by atoms with E-state index in [2.05, 4.69) is 18.7 Å². The van der Waals surface area contributed by atoms with Gasteiger partial charge in [-0.1, -0.05) is 26.0 Å². The van der Waals surface area contributed by atoms with Crippen molar-refractivity contribution in [3.05, 3.63) is 77.2 Å². The molecule has 0 saturated carbocycles. The first kappa shape index (κ1) is 23.2. The van der Waals surface area contributed by atoms with Crippen molar-refractivity contribution in [1.82, 2.24) is 4.90 Å². The first-order chi connectivity index (χ1) is 16.5. The van der Waals surface area contributed by atoms with Crippen LogP contribution in [-0.2, 0) is 0 Å². The maximum atomic E-state index is 12.9. The monoisotopic (exact) mass is 461 g/mol. The minimum absolute atomic E-state index is 0.0230. The molecule has 4 aromatic rings. The molecule has 0 unspecified atom stereocenters. The van der Waals surface area contributed by atoms with Crippen LogP contribution in [0.25, 0.3) is 22.1 Å².